The Bertz CT molecular complexity index is 1120. The quantitative estimate of drug-likeness (QED) is 0.549. The fourth-order valence-electron chi connectivity index (χ4n) is 3.46. The van der Waals surface area contributed by atoms with Gasteiger partial charge in [0.05, 0.1) is 37.3 Å². The van der Waals surface area contributed by atoms with Crippen LogP contribution in [0.2, 0.25) is 0 Å². The van der Waals surface area contributed by atoms with Gasteiger partial charge in [-0.1, -0.05) is 0 Å². The lowest BCUT2D eigenvalue weighted by Crippen LogP contribution is -2.65. The minimum Gasteiger partial charge on any atom is -0.444 e. The lowest BCUT2D eigenvalue weighted by atomic mass is 9.96. The molecular weight excluding hydrogens is 515 g/mol. The number of halogens is 7. The van der Waals surface area contributed by atoms with Crippen molar-refractivity contribution in [1.29, 1.82) is 0 Å². The summed E-state index contributed by atoms with van der Waals surface area (Å²) in [6.07, 6.45) is -9.93. The van der Waals surface area contributed by atoms with Crippen LogP contribution in [0.1, 0.15) is 38.3 Å². The Morgan fingerprint density at radius 2 is 1.59 bits per heavy atom. The number of aromatic nitrogens is 3. The predicted molar refractivity (Wildman–Crippen MR) is 115 cm³/mol. The van der Waals surface area contributed by atoms with Crippen molar-refractivity contribution >= 4 is 12.0 Å². The van der Waals surface area contributed by atoms with E-state index in [9.17, 15) is 40.3 Å². The molecule has 1 aromatic heterocycles. The first kappa shape index (κ1) is 28.2. The molecule has 15 heteroatoms. The van der Waals surface area contributed by atoms with Crippen molar-refractivity contribution in [2.24, 2.45) is 0 Å². The summed E-state index contributed by atoms with van der Waals surface area (Å²) in [6.45, 7) is 3.97. The third-order valence-electron chi connectivity index (χ3n) is 5.19. The van der Waals surface area contributed by atoms with Gasteiger partial charge in [0, 0.05) is 12.0 Å². The first-order valence-electron chi connectivity index (χ1n) is 11.0. The highest BCUT2D eigenvalue weighted by atomic mass is 19.4. The maximum absolute atomic E-state index is 14.6. The molecule has 0 aliphatic carbocycles. The Balaban J connectivity index is 1.56. The van der Waals surface area contributed by atoms with Crippen molar-refractivity contribution in [3.05, 3.63) is 35.7 Å². The monoisotopic (exact) mass is 539 g/mol. The van der Waals surface area contributed by atoms with Crippen LogP contribution >= 0.6 is 0 Å². The van der Waals surface area contributed by atoms with E-state index >= 15 is 0 Å². The lowest BCUT2D eigenvalue weighted by Gasteiger charge is -2.44. The molecule has 0 radical (unpaired) electrons. The van der Waals surface area contributed by atoms with Crippen LogP contribution in [0.3, 0.4) is 0 Å². The largest absolute Gasteiger partial charge is 0.444 e. The van der Waals surface area contributed by atoms with Crippen molar-refractivity contribution in [2.75, 3.05) is 19.6 Å². The van der Waals surface area contributed by atoms with Crippen molar-refractivity contribution in [3.8, 4) is 11.4 Å². The van der Waals surface area contributed by atoms with Gasteiger partial charge in [-0.15, -0.1) is 0 Å². The van der Waals surface area contributed by atoms with E-state index in [1.807, 2.05) is 0 Å². The van der Waals surface area contributed by atoms with Crippen LogP contribution in [-0.2, 0) is 28.4 Å². The number of hydrogen-bond donors (Lipinski definition) is 1. The minimum absolute atomic E-state index is 0.000165. The second kappa shape index (κ2) is 9.82. The third-order valence-corrected chi connectivity index (χ3v) is 5.19. The Morgan fingerprint density at radius 1 is 1.03 bits per heavy atom. The molecule has 2 aromatic rings. The van der Waals surface area contributed by atoms with Gasteiger partial charge in [-0.2, -0.15) is 31.4 Å². The zero-order valence-electron chi connectivity index (χ0n) is 20.0. The Labute approximate surface area is 206 Å². The number of alkyl halides is 7. The molecule has 1 aliphatic rings. The molecular formula is C22H24F7N5O3. The van der Waals surface area contributed by atoms with Crippen LogP contribution in [0.25, 0.3) is 11.4 Å². The summed E-state index contributed by atoms with van der Waals surface area (Å²) >= 11 is 0. The average molecular weight is 539 g/mol. The highest BCUT2D eigenvalue weighted by Crippen LogP contribution is 2.38. The zero-order chi connectivity index (χ0) is 27.8. The molecule has 1 fully saturated rings. The summed E-state index contributed by atoms with van der Waals surface area (Å²) in [6, 6.07) is 1.01. The van der Waals surface area contributed by atoms with Crippen LogP contribution < -0.4 is 5.32 Å². The molecule has 2 heterocycles. The Morgan fingerprint density at radius 3 is 2.11 bits per heavy atom. The smallest absolute Gasteiger partial charge is 0.416 e. The highest BCUT2D eigenvalue weighted by molar-refractivity contribution is 5.77. The molecule has 8 nitrogen and oxygen atoms in total. The number of carbonyl (C=O) groups is 2. The first-order chi connectivity index (χ1) is 16.8. The van der Waals surface area contributed by atoms with E-state index in [0.717, 1.165) is 11.0 Å². The van der Waals surface area contributed by atoms with Gasteiger partial charge in [0.15, 0.2) is 11.5 Å². The van der Waals surface area contributed by atoms with Gasteiger partial charge in [0.1, 0.15) is 11.9 Å². The van der Waals surface area contributed by atoms with E-state index in [4.69, 9.17) is 4.74 Å². The van der Waals surface area contributed by atoms with Gasteiger partial charge in [0.2, 0.25) is 5.91 Å². The van der Waals surface area contributed by atoms with Gasteiger partial charge in [-0.05, 0) is 39.0 Å². The molecule has 204 valence electrons. The SMILES string of the molecule is CC(C)(C)OC(=O)NCC1(F)CN(C(=O)CCn2cnc(-c3cc(C(F)(F)F)cc(C(F)(F)F)c3)n2)C1. The number of nitrogens with one attached hydrogen (secondary N) is 1. The number of nitrogens with zero attached hydrogens (tertiary/aromatic N) is 4. The lowest BCUT2D eigenvalue weighted by molar-refractivity contribution is -0.145. The number of alkyl carbamates (subject to hydrolysis) is 1. The zero-order valence-corrected chi connectivity index (χ0v) is 20.0. The topological polar surface area (TPSA) is 89.4 Å². The summed E-state index contributed by atoms with van der Waals surface area (Å²) < 4.78 is 99.2. The third kappa shape index (κ3) is 7.55. The molecule has 1 aromatic carbocycles. The van der Waals surface area contributed by atoms with E-state index in [-0.39, 0.29) is 44.5 Å². The van der Waals surface area contributed by atoms with E-state index in [0.29, 0.717) is 12.1 Å². The van der Waals surface area contributed by atoms with Gasteiger partial charge >= 0.3 is 18.4 Å². The van der Waals surface area contributed by atoms with Crippen LogP contribution in [0.4, 0.5) is 35.5 Å². The number of hydrogen-bond acceptors (Lipinski definition) is 5. The Kier molecular flexibility index (Phi) is 7.48. The molecule has 1 N–H and O–H groups in total. The van der Waals surface area contributed by atoms with Crippen LogP contribution in [0, 0.1) is 0 Å². The molecule has 1 saturated heterocycles. The summed E-state index contributed by atoms with van der Waals surface area (Å²) in [5.41, 5.74) is -6.07. The van der Waals surface area contributed by atoms with E-state index < -0.39 is 52.3 Å². The highest BCUT2D eigenvalue weighted by Gasteiger charge is 2.46. The average Bonchev–Trinajstić information content (AvgIpc) is 3.20. The number of ether oxygens (including phenoxy) is 1. The fraction of sp³-hybridized carbons (Fsp3) is 0.545. The molecule has 0 spiro atoms. The molecule has 0 bridgehead atoms. The molecule has 2 amide bonds. The van der Waals surface area contributed by atoms with Crippen molar-refractivity contribution < 1.29 is 45.1 Å². The van der Waals surface area contributed by atoms with Gasteiger partial charge in [-0.3, -0.25) is 9.48 Å². The summed E-state index contributed by atoms with van der Waals surface area (Å²) in [5, 5.41) is 6.18. The first-order valence-corrected chi connectivity index (χ1v) is 11.0. The summed E-state index contributed by atoms with van der Waals surface area (Å²) in [4.78, 5) is 29.0. The summed E-state index contributed by atoms with van der Waals surface area (Å²) in [5.74, 6) is -0.843. The van der Waals surface area contributed by atoms with Crippen LogP contribution in [0.5, 0.6) is 0 Å². The number of benzene rings is 1. The minimum atomic E-state index is -5.02. The molecule has 0 unspecified atom stereocenters. The van der Waals surface area contributed by atoms with E-state index in [2.05, 4.69) is 15.4 Å². The second-order valence-corrected chi connectivity index (χ2v) is 9.63. The standard InChI is InChI=1S/C22H24F7N5O3/c1-19(2,3)37-18(36)30-9-20(23)10-33(11-20)16(35)4-5-34-12-31-17(32-34)13-6-14(21(24,25)26)8-15(7-13)22(27,28)29/h6-8,12H,4-5,9-11H2,1-3H3,(H,30,36). The molecule has 37 heavy (non-hydrogen) atoms. The van der Waals surface area contributed by atoms with Gasteiger partial charge in [0.25, 0.3) is 0 Å². The van der Waals surface area contributed by atoms with Gasteiger partial charge in [-0.25, -0.2) is 14.2 Å². The number of likely N-dealkylation sites (tertiary alicyclic amines) is 1. The number of aryl methyl sites for hydroxylation is 1. The van der Waals surface area contributed by atoms with Crippen molar-refractivity contribution in [2.45, 2.75) is 57.4 Å². The maximum atomic E-state index is 14.6. The van der Waals surface area contributed by atoms with E-state index in [1.165, 1.54) is 4.90 Å². The number of rotatable bonds is 6. The normalized spacial score (nSPS) is 15.8. The molecule has 0 saturated carbocycles. The number of carbonyl (C=O) groups excluding carboxylic acids is 2. The van der Waals surface area contributed by atoms with Crippen molar-refractivity contribution in [3.63, 3.8) is 0 Å². The second-order valence-electron chi connectivity index (χ2n) is 9.63. The van der Waals surface area contributed by atoms with Crippen molar-refractivity contribution in [1.82, 2.24) is 25.0 Å². The van der Waals surface area contributed by atoms with Crippen LogP contribution in [-0.4, -0.2) is 62.6 Å². The molecule has 0 atom stereocenters. The van der Waals surface area contributed by atoms with Crippen LogP contribution in [0.15, 0.2) is 24.5 Å². The summed E-state index contributed by atoms with van der Waals surface area (Å²) in [7, 11) is 0. The molecule has 3 rings (SSSR count). The maximum Gasteiger partial charge on any atom is 0.416 e. The van der Waals surface area contributed by atoms with Gasteiger partial charge < -0.3 is 15.0 Å². The number of amides is 2. The molecule has 1 aliphatic heterocycles. The fourth-order valence-corrected chi connectivity index (χ4v) is 3.46. The predicted octanol–water partition coefficient (Wildman–Crippen LogP) is 4.45. The van der Waals surface area contributed by atoms with E-state index in [1.54, 1.807) is 20.8 Å². The Hall–Kier alpha value is -3.39.